The van der Waals surface area contributed by atoms with Crippen LogP contribution in [0.1, 0.15) is 30.0 Å². The molecule has 1 fully saturated rings. The van der Waals surface area contributed by atoms with Crippen LogP contribution in [0.2, 0.25) is 0 Å². The lowest BCUT2D eigenvalue weighted by atomic mass is 9.94. The van der Waals surface area contributed by atoms with E-state index in [4.69, 9.17) is 0 Å². The molecule has 0 bridgehead atoms. The zero-order chi connectivity index (χ0) is 18.9. The molecule has 0 aliphatic heterocycles. The SMILES string of the molecule is CNC(=O)C(NC(=O)C1(c2ccc(F)cc2)CC1)c1ccc(F)c(F)c1. The third kappa shape index (κ3) is 3.29. The molecule has 2 amide bonds. The maximum Gasteiger partial charge on any atom is 0.246 e. The molecule has 136 valence electrons. The fourth-order valence-corrected chi connectivity index (χ4v) is 2.95. The van der Waals surface area contributed by atoms with Crippen LogP contribution in [-0.4, -0.2) is 18.9 Å². The van der Waals surface area contributed by atoms with Crippen molar-refractivity contribution < 1.29 is 22.8 Å². The average Bonchev–Trinajstić information content (AvgIpc) is 3.44. The van der Waals surface area contributed by atoms with Gasteiger partial charge in [-0.25, -0.2) is 13.2 Å². The predicted octanol–water partition coefficient (Wildman–Crippen LogP) is 2.74. The zero-order valence-electron chi connectivity index (χ0n) is 14.0. The van der Waals surface area contributed by atoms with Crippen LogP contribution in [0.3, 0.4) is 0 Å². The lowest BCUT2D eigenvalue weighted by molar-refractivity contribution is -0.130. The van der Waals surface area contributed by atoms with Gasteiger partial charge in [0.15, 0.2) is 11.6 Å². The topological polar surface area (TPSA) is 58.2 Å². The molecule has 1 unspecified atom stereocenters. The van der Waals surface area contributed by atoms with Gasteiger partial charge in [0.2, 0.25) is 11.8 Å². The number of carbonyl (C=O) groups is 2. The van der Waals surface area contributed by atoms with E-state index in [1.54, 1.807) is 0 Å². The third-order valence-electron chi connectivity index (χ3n) is 4.64. The van der Waals surface area contributed by atoms with Gasteiger partial charge in [-0.3, -0.25) is 9.59 Å². The summed E-state index contributed by atoms with van der Waals surface area (Å²) in [5, 5.41) is 5.02. The summed E-state index contributed by atoms with van der Waals surface area (Å²) in [7, 11) is 1.38. The summed E-state index contributed by atoms with van der Waals surface area (Å²) in [4.78, 5) is 25.0. The molecule has 4 nitrogen and oxygen atoms in total. The quantitative estimate of drug-likeness (QED) is 0.859. The van der Waals surface area contributed by atoms with Gasteiger partial charge >= 0.3 is 0 Å². The first-order chi connectivity index (χ1) is 12.4. The van der Waals surface area contributed by atoms with Crippen molar-refractivity contribution >= 4 is 11.8 Å². The Balaban J connectivity index is 1.87. The molecule has 1 aliphatic carbocycles. The first kappa shape index (κ1) is 18.0. The molecule has 2 aromatic rings. The first-order valence-corrected chi connectivity index (χ1v) is 8.11. The zero-order valence-corrected chi connectivity index (χ0v) is 14.0. The molecule has 0 saturated heterocycles. The summed E-state index contributed by atoms with van der Waals surface area (Å²) in [5.74, 6) is -3.53. The second-order valence-corrected chi connectivity index (χ2v) is 6.28. The average molecular weight is 362 g/mol. The number of halogens is 3. The fraction of sp³-hybridized carbons (Fsp3) is 0.263. The minimum atomic E-state index is -1.17. The van der Waals surface area contributed by atoms with Gasteiger partial charge in [0, 0.05) is 7.05 Å². The number of hydrogen-bond donors (Lipinski definition) is 2. The van der Waals surface area contributed by atoms with Crippen molar-refractivity contribution in [1.82, 2.24) is 10.6 Å². The largest absolute Gasteiger partial charge is 0.357 e. The Kier molecular flexibility index (Phi) is 4.71. The summed E-state index contributed by atoms with van der Waals surface area (Å²) in [6.07, 6.45) is 1.12. The summed E-state index contributed by atoms with van der Waals surface area (Å²) in [5.41, 5.74) is -0.0534. The van der Waals surface area contributed by atoms with E-state index in [1.165, 1.54) is 37.4 Å². The molecule has 0 heterocycles. The molecule has 7 heteroatoms. The highest BCUT2D eigenvalue weighted by atomic mass is 19.2. The van der Waals surface area contributed by atoms with Gasteiger partial charge in [0.05, 0.1) is 5.41 Å². The number of benzene rings is 2. The van der Waals surface area contributed by atoms with Gasteiger partial charge in [-0.15, -0.1) is 0 Å². The third-order valence-corrected chi connectivity index (χ3v) is 4.64. The maximum absolute atomic E-state index is 13.5. The van der Waals surface area contributed by atoms with Gasteiger partial charge in [0.25, 0.3) is 0 Å². The lowest BCUT2D eigenvalue weighted by Gasteiger charge is -2.22. The van der Waals surface area contributed by atoms with Crippen molar-refractivity contribution in [3.8, 4) is 0 Å². The van der Waals surface area contributed by atoms with Crippen LogP contribution in [-0.2, 0) is 15.0 Å². The van der Waals surface area contributed by atoms with Crippen molar-refractivity contribution in [2.75, 3.05) is 7.05 Å². The molecule has 2 N–H and O–H groups in total. The lowest BCUT2D eigenvalue weighted by Crippen LogP contribution is -2.43. The number of likely N-dealkylation sites (N-methyl/N-ethyl adjacent to an activating group) is 1. The molecule has 2 aromatic carbocycles. The molecule has 1 saturated carbocycles. The minimum Gasteiger partial charge on any atom is -0.357 e. The van der Waals surface area contributed by atoms with Gasteiger partial charge in [-0.2, -0.15) is 0 Å². The number of nitrogens with one attached hydrogen (secondary N) is 2. The number of carbonyl (C=O) groups excluding carboxylic acids is 2. The van der Waals surface area contributed by atoms with E-state index in [1.807, 2.05) is 0 Å². The molecule has 1 aliphatic rings. The molecule has 0 radical (unpaired) electrons. The van der Waals surface area contributed by atoms with E-state index in [0.29, 0.717) is 18.4 Å². The van der Waals surface area contributed by atoms with Crippen LogP contribution in [0.4, 0.5) is 13.2 Å². The Morgan fingerprint density at radius 2 is 1.65 bits per heavy atom. The Labute approximate surface area is 148 Å². The second kappa shape index (κ2) is 6.82. The van der Waals surface area contributed by atoms with E-state index in [2.05, 4.69) is 10.6 Å². The Bertz CT molecular complexity index is 848. The Morgan fingerprint density at radius 3 is 2.19 bits per heavy atom. The molecule has 3 rings (SSSR count). The molecular formula is C19H17F3N2O2. The van der Waals surface area contributed by atoms with Crippen molar-refractivity contribution in [2.45, 2.75) is 24.3 Å². The summed E-state index contributed by atoms with van der Waals surface area (Å²) in [6, 6.07) is 7.48. The van der Waals surface area contributed by atoms with Crippen LogP contribution >= 0.6 is 0 Å². The van der Waals surface area contributed by atoms with E-state index >= 15 is 0 Å². The minimum absolute atomic E-state index is 0.131. The normalized spacial score (nSPS) is 15.8. The van der Waals surface area contributed by atoms with Crippen LogP contribution in [0.15, 0.2) is 42.5 Å². The summed E-state index contributed by atoms with van der Waals surface area (Å²) < 4.78 is 39.8. The van der Waals surface area contributed by atoms with E-state index in [0.717, 1.165) is 12.1 Å². The highest BCUT2D eigenvalue weighted by Crippen LogP contribution is 2.48. The molecule has 1 atom stereocenters. The number of amides is 2. The second-order valence-electron chi connectivity index (χ2n) is 6.28. The van der Waals surface area contributed by atoms with Crippen molar-refractivity contribution in [3.63, 3.8) is 0 Å². The van der Waals surface area contributed by atoms with Crippen molar-refractivity contribution in [2.24, 2.45) is 0 Å². The van der Waals surface area contributed by atoms with E-state index in [9.17, 15) is 22.8 Å². The van der Waals surface area contributed by atoms with E-state index in [-0.39, 0.29) is 5.56 Å². The van der Waals surface area contributed by atoms with Gasteiger partial charge in [0.1, 0.15) is 11.9 Å². The predicted molar refractivity (Wildman–Crippen MR) is 88.6 cm³/mol. The van der Waals surface area contributed by atoms with Crippen LogP contribution in [0, 0.1) is 17.5 Å². The van der Waals surface area contributed by atoms with Crippen LogP contribution < -0.4 is 10.6 Å². The van der Waals surface area contributed by atoms with Crippen molar-refractivity contribution in [1.29, 1.82) is 0 Å². The molecule has 0 aromatic heterocycles. The van der Waals surface area contributed by atoms with Gasteiger partial charge < -0.3 is 10.6 Å². The molecular weight excluding hydrogens is 345 g/mol. The van der Waals surface area contributed by atoms with Crippen LogP contribution in [0.25, 0.3) is 0 Å². The Morgan fingerprint density at radius 1 is 1.00 bits per heavy atom. The highest BCUT2D eigenvalue weighted by Gasteiger charge is 2.52. The van der Waals surface area contributed by atoms with E-state index < -0.39 is 40.7 Å². The smallest absolute Gasteiger partial charge is 0.246 e. The van der Waals surface area contributed by atoms with Crippen molar-refractivity contribution in [3.05, 3.63) is 71.0 Å². The standard InChI is InChI=1S/C19H17F3N2O2/c1-23-17(25)16(11-2-7-14(21)15(22)10-11)24-18(26)19(8-9-19)12-3-5-13(20)6-4-12/h2-7,10,16H,8-9H2,1H3,(H,23,25)(H,24,26). The number of hydrogen-bond acceptors (Lipinski definition) is 2. The Hall–Kier alpha value is -2.83. The fourth-order valence-electron chi connectivity index (χ4n) is 2.95. The summed E-state index contributed by atoms with van der Waals surface area (Å²) >= 11 is 0. The monoisotopic (exact) mass is 362 g/mol. The van der Waals surface area contributed by atoms with Crippen LogP contribution in [0.5, 0.6) is 0 Å². The number of rotatable bonds is 5. The summed E-state index contributed by atoms with van der Waals surface area (Å²) in [6.45, 7) is 0. The first-order valence-electron chi connectivity index (χ1n) is 8.11. The highest BCUT2D eigenvalue weighted by molar-refractivity contribution is 5.95. The van der Waals surface area contributed by atoms with Gasteiger partial charge in [-0.05, 0) is 48.2 Å². The molecule has 26 heavy (non-hydrogen) atoms. The molecule has 0 spiro atoms. The maximum atomic E-state index is 13.5. The van der Waals surface area contributed by atoms with Gasteiger partial charge in [-0.1, -0.05) is 18.2 Å².